The smallest absolute Gasteiger partial charge is 0.328 e. The summed E-state index contributed by atoms with van der Waals surface area (Å²) < 4.78 is 3.26. The van der Waals surface area contributed by atoms with Gasteiger partial charge < -0.3 is 10.6 Å². The van der Waals surface area contributed by atoms with Crippen LogP contribution in [-0.4, -0.2) is 48.9 Å². The third kappa shape index (κ3) is 4.02. The predicted octanol–water partition coefficient (Wildman–Crippen LogP) is 1.41. The number of nitrogens with two attached hydrogens (primary N) is 1. The van der Waals surface area contributed by atoms with Crippen LogP contribution >= 0.6 is 0 Å². The van der Waals surface area contributed by atoms with Crippen molar-refractivity contribution in [2.75, 3.05) is 13.1 Å². The van der Waals surface area contributed by atoms with Crippen LogP contribution in [0.25, 0.3) is 11.0 Å². The van der Waals surface area contributed by atoms with Gasteiger partial charge in [-0.25, -0.2) is 14.8 Å². The Bertz CT molecular complexity index is 1250. The molecule has 0 bridgehead atoms. The number of fused-ring (bicyclic) bond motifs is 1. The number of aryl methyl sites for hydroxylation is 4. The second-order valence-electron chi connectivity index (χ2n) is 8.47. The van der Waals surface area contributed by atoms with Crippen LogP contribution in [0.5, 0.6) is 0 Å². The molecule has 1 aliphatic heterocycles. The number of hydrogen-bond donors (Lipinski definition) is 1. The van der Waals surface area contributed by atoms with Crippen molar-refractivity contribution < 1.29 is 9.59 Å². The van der Waals surface area contributed by atoms with E-state index < -0.39 is 5.91 Å². The summed E-state index contributed by atoms with van der Waals surface area (Å²) >= 11 is 0. The highest BCUT2D eigenvalue weighted by Crippen LogP contribution is 2.26. The molecule has 0 aliphatic carbocycles. The molecule has 0 spiro atoms. The molecule has 9 heteroatoms. The van der Waals surface area contributed by atoms with Crippen molar-refractivity contribution in [3.63, 3.8) is 0 Å². The molecule has 2 aromatic heterocycles. The topological polar surface area (TPSA) is 116 Å². The minimum atomic E-state index is -0.525. The van der Waals surface area contributed by atoms with Crippen molar-refractivity contribution in [3.05, 3.63) is 57.5 Å². The number of benzene rings is 1. The van der Waals surface area contributed by atoms with E-state index in [4.69, 9.17) is 5.73 Å². The number of primary amides is 1. The first-order valence-electron chi connectivity index (χ1n) is 10.8. The summed E-state index contributed by atoms with van der Waals surface area (Å²) in [5.74, 6) is 0.484. The van der Waals surface area contributed by atoms with Crippen molar-refractivity contribution in [1.82, 2.24) is 24.0 Å². The number of piperidine rings is 1. The fourth-order valence-electron chi connectivity index (χ4n) is 4.43. The zero-order valence-corrected chi connectivity index (χ0v) is 18.7. The van der Waals surface area contributed by atoms with Gasteiger partial charge in [-0.05, 0) is 43.9 Å². The van der Waals surface area contributed by atoms with E-state index in [0.29, 0.717) is 43.0 Å². The molecule has 1 fully saturated rings. The normalized spacial score (nSPS) is 14.8. The molecule has 3 aromatic rings. The van der Waals surface area contributed by atoms with E-state index in [-0.39, 0.29) is 17.5 Å². The maximum absolute atomic E-state index is 12.8. The highest BCUT2D eigenvalue weighted by Gasteiger charge is 2.26. The average Bonchev–Trinajstić information content (AvgIpc) is 3.01. The SMILES string of the molecule is Cc1nc(C2CCN(C(=O)CCc3ccc4c(c3)n(C)c(=O)n4C)CC2)ncc1C(N)=O. The maximum atomic E-state index is 12.8. The van der Waals surface area contributed by atoms with Gasteiger partial charge in [-0.3, -0.25) is 18.7 Å². The number of imidazole rings is 1. The molecular weight excluding hydrogens is 408 g/mol. The molecule has 0 radical (unpaired) electrons. The van der Waals surface area contributed by atoms with Crippen molar-refractivity contribution in [2.45, 2.75) is 38.5 Å². The minimum Gasteiger partial charge on any atom is -0.365 e. The van der Waals surface area contributed by atoms with Gasteiger partial charge in [0.05, 0.1) is 22.3 Å². The molecule has 0 atom stereocenters. The first-order valence-corrected chi connectivity index (χ1v) is 10.8. The van der Waals surface area contributed by atoms with Crippen LogP contribution in [-0.2, 0) is 25.3 Å². The number of rotatable bonds is 5. The molecule has 4 rings (SSSR count). The Balaban J connectivity index is 1.34. The Morgan fingerprint density at radius 2 is 1.81 bits per heavy atom. The number of amides is 2. The van der Waals surface area contributed by atoms with Gasteiger partial charge in [0.2, 0.25) is 5.91 Å². The largest absolute Gasteiger partial charge is 0.365 e. The summed E-state index contributed by atoms with van der Waals surface area (Å²) in [5.41, 5.74) is 9.01. The molecular formula is C23H28N6O3. The molecule has 168 valence electrons. The fourth-order valence-corrected chi connectivity index (χ4v) is 4.43. The maximum Gasteiger partial charge on any atom is 0.328 e. The molecule has 1 saturated heterocycles. The zero-order valence-electron chi connectivity index (χ0n) is 18.7. The van der Waals surface area contributed by atoms with E-state index in [9.17, 15) is 14.4 Å². The number of likely N-dealkylation sites (tertiary alicyclic amines) is 1. The van der Waals surface area contributed by atoms with Gasteiger partial charge in [-0.15, -0.1) is 0 Å². The lowest BCUT2D eigenvalue weighted by Crippen LogP contribution is -2.38. The second-order valence-corrected chi connectivity index (χ2v) is 8.47. The quantitative estimate of drug-likeness (QED) is 0.649. The van der Waals surface area contributed by atoms with E-state index in [1.54, 1.807) is 30.2 Å². The Kier molecular flexibility index (Phi) is 5.82. The summed E-state index contributed by atoms with van der Waals surface area (Å²) in [6.45, 7) is 3.08. The van der Waals surface area contributed by atoms with Gasteiger partial charge >= 0.3 is 5.69 Å². The van der Waals surface area contributed by atoms with Crippen LogP contribution in [0.3, 0.4) is 0 Å². The molecule has 1 aromatic carbocycles. The lowest BCUT2D eigenvalue weighted by Gasteiger charge is -2.31. The van der Waals surface area contributed by atoms with Crippen LogP contribution in [0.1, 0.15) is 52.6 Å². The Morgan fingerprint density at radius 1 is 1.12 bits per heavy atom. The number of carbonyl (C=O) groups is 2. The molecule has 3 heterocycles. The Hall–Kier alpha value is -3.49. The zero-order chi connectivity index (χ0) is 23.0. The van der Waals surface area contributed by atoms with Crippen molar-refractivity contribution in [3.8, 4) is 0 Å². The van der Waals surface area contributed by atoms with Gasteiger partial charge in [-0.2, -0.15) is 0 Å². The van der Waals surface area contributed by atoms with Gasteiger partial charge in [0.25, 0.3) is 5.91 Å². The van der Waals surface area contributed by atoms with E-state index in [1.165, 1.54) is 6.20 Å². The van der Waals surface area contributed by atoms with E-state index >= 15 is 0 Å². The van der Waals surface area contributed by atoms with E-state index in [1.807, 2.05) is 23.1 Å². The minimum absolute atomic E-state index is 0.0560. The Morgan fingerprint density at radius 3 is 2.47 bits per heavy atom. The van der Waals surface area contributed by atoms with Crippen LogP contribution < -0.4 is 11.4 Å². The molecule has 2 amide bonds. The summed E-state index contributed by atoms with van der Waals surface area (Å²) in [6, 6.07) is 5.91. The van der Waals surface area contributed by atoms with Crippen LogP contribution in [0.4, 0.5) is 0 Å². The number of carbonyl (C=O) groups excluding carboxylic acids is 2. The van der Waals surface area contributed by atoms with Crippen LogP contribution in [0, 0.1) is 6.92 Å². The van der Waals surface area contributed by atoms with Gasteiger partial charge in [0.15, 0.2) is 0 Å². The number of hydrogen-bond acceptors (Lipinski definition) is 5. The molecule has 1 aliphatic rings. The van der Waals surface area contributed by atoms with Gasteiger partial charge in [-0.1, -0.05) is 6.07 Å². The van der Waals surface area contributed by atoms with Crippen molar-refractivity contribution >= 4 is 22.8 Å². The highest BCUT2D eigenvalue weighted by atomic mass is 16.2. The van der Waals surface area contributed by atoms with Gasteiger partial charge in [0.1, 0.15) is 5.82 Å². The molecule has 9 nitrogen and oxygen atoms in total. The third-order valence-electron chi connectivity index (χ3n) is 6.44. The van der Waals surface area contributed by atoms with Crippen LogP contribution in [0.15, 0.2) is 29.2 Å². The van der Waals surface area contributed by atoms with E-state index in [0.717, 1.165) is 29.4 Å². The molecule has 2 N–H and O–H groups in total. The number of aromatic nitrogens is 4. The fraction of sp³-hybridized carbons (Fsp3) is 0.435. The third-order valence-corrected chi connectivity index (χ3v) is 6.44. The summed E-state index contributed by atoms with van der Waals surface area (Å²) in [5, 5.41) is 0. The van der Waals surface area contributed by atoms with E-state index in [2.05, 4.69) is 9.97 Å². The molecule has 32 heavy (non-hydrogen) atoms. The first-order chi connectivity index (χ1) is 15.3. The lowest BCUT2D eigenvalue weighted by molar-refractivity contribution is -0.132. The second kappa shape index (κ2) is 8.57. The standard InChI is InChI=1S/C23H28N6O3/c1-14-17(21(24)31)13-25-22(26-14)16-8-10-29(11-9-16)20(30)7-5-15-4-6-18-19(12-15)28(3)23(32)27(18)2/h4,6,12-13,16H,5,7-11H2,1-3H3,(H2,24,31). The Labute approximate surface area is 185 Å². The molecule has 0 unspecified atom stereocenters. The van der Waals surface area contributed by atoms with Gasteiger partial charge in [0, 0.05) is 45.7 Å². The molecule has 0 saturated carbocycles. The van der Waals surface area contributed by atoms with Crippen LogP contribution in [0.2, 0.25) is 0 Å². The highest BCUT2D eigenvalue weighted by molar-refractivity contribution is 5.93. The lowest BCUT2D eigenvalue weighted by atomic mass is 9.95. The number of nitrogens with zero attached hydrogens (tertiary/aromatic N) is 5. The van der Waals surface area contributed by atoms with Crippen molar-refractivity contribution in [2.24, 2.45) is 19.8 Å². The monoisotopic (exact) mass is 436 g/mol. The summed E-state index contributed by atoms with van der Waals surface area (Å²) in [4.78, 5) is 46.9. The summed E-state index contributed by atoms with van der Waals surface area (Å²) in [6.07, 6.45) is 4.14. The van der Waals surface area contributed by atoms with Crippen molar-refractivity contribution in [1.29, 1.82) is 0 Å². The average molecular weight is 437 g/mol. The predicted molar refractivity (Wildman–Crippen MR) is 120 cm³/mol. The summed E-state index contributed by atoms with van der Waals surface area (Å²) in [7, 11) is 3.52. The first kappa shape index (κ1) is 21.7.